The predicted octanol–water partition coefficient (Wildman–Crippen LogP) is 3.27. The molecular formula is C16H16N4O3S3. The first-order chi connectivity index (χ1) is 12.3. The molecular weight excluding hydrogens is 392 g/mol. The number of carbonyl (C=O) groups excluding carboxylic acids is 1. The van der Waals surface area contributed by atoms with Crippen LogP contribution in [0.3, 0.4) is 0 Å². The molecule has 0 aliphatic carbocycles. The van der Waals surface area contributed by atoms with Crippen molar-refractivity contribution in [3.05, 3.63) is 47.3 Å². The van der Waals surface area contributed by atoms with Crippen LogP contribution in [0.15, 0.2) is 46.9 Å². The van der Waals surface area contributed by atoms with E-state index < -0.39 is 10.0 Å². The van der Waals surface area contributed by atoms with Crippen molar-refractivity contribution in [2.24, 2.45) is 0 Å². The molecule has 0 amide bonds. The molecule has 3 aromatic rings. The maximum absolute atomic E-state index is 12.6. The van der Waals surface area contributed by atoms with Crippen molar-refractivity contribution in [1.29, 1.82) is 0 Å². The molecule has 0 saturated heterocycles. The Morgan fingerprint density at radius 3 is 2.62 bits per heavy atom. The van der Waals surface area contributed by atoms with Crippen molar-refractivity contribution in [3.63, 3.8) is 0 Å². The van der Waals surface area contributed by atoms with E-state index in [1.54, 1.807) is 42.5 Å². The number of carbonyl (C=O) groups is 1. The molecule has 1 atom stereocenters. The number of anilines is 1. The minimum atomic E-state index is -3.34. The number of nitrogens with one attached hydrogen (secondary N) is 2. The summed E-state index contributed by atoms with van der Waals surface area (Å²) in [6.45, 7) is 1.79. The van der Waals surface area contributed by atoms with Crippen LogP contribution in [0.25, 0.3) is 10.7 Å². The Morgan fingerprint density at radius 1 is 1.27 bits per heavy atom. The molecule has 0 radical (unpaired) electrons. The molecule has 0 saturated carbocycles. The van der Waals surface area contributed by atoms with Gasteiger partial charge in [0.2, 0.25) is 15.2 Å². The summed E-state index contributed by atoms with van der Waals surface area (Å²) < 4.78 is 24.8. The molecule has 0 aliphatic rings. The molecule has 0 unspecified atom stereocenters. The van der Waals surface area contributed by atoms with Gasteiger partial charge in [0.1, 0.15) is 0 Å². The molecule has 10 heteroatoms. The number of thioether (sulfide) groups is 1. The lowest BCUT2D eigenvalue weighted by Gasteiger charge is -2.09. The van der Waals surface area contributed by atoms with E-state index in [4.69, 9.17) is 0 Å². The van der Waals surface area contributed by atoms with Crippen molar-refractivity contribution in [2.75, 3.05) is 11.0 Å². The highest BCUT2D eigenvalue weighted by Crippen LogP contribution is 2.27. The van der Waals surface area contributed by atoms with E-state index in [9.17, 15) is 13.2 Å². The van der Waals surface area contributed by atoms with Crippen LogP contribution in [0.4, 0.5) is 5.69 Å². The quantitative estimate of drug-likeness (QED) is 0.459. The van der Waals surface area contributed by atoms with Gasteiger partial charge >= 0.3 is 0 Å². The van der Waals surface area contributed by atoms with Crippen LogP contribution in [-0.4, -0.2) is 40.9 Å². The van der Waals surface area contributed by atoms with Crippen LogP contribution in [-0.2, 0) is 10.0 Å². The standard InChI is InChI=1S/C16H16N4O3S3/c1-10(25-16-17-15(18-19-16)13-4-3-9-24-13)14(21)11-5-7-12(8-6-11)20-26(2,22)23/h3-10,20H,1-2H3,(H,17,18,19)/t10-/m0/s1. The zero-order valence-corrected chi connectivity index (χ0v) is 16.4. The van der Waals surface area contributed by atoms with Crippen LogP contribution in [0.2, 0.25) is 0 Å². The Hall–Kier alpha value is -2.17. The predicted molar refractivity (Wildman–Crippen MR) is 104 cm³/mol. The summed E-state index contributed by atoms with van der Waals surface area (Å²) in [4.78, 5) is 17.9. The van der Waals surface area contributed by atoms with Crippen LogP contribution in [0.5, 0.6) is 0 Å². The van der Waals surface area contributed by atoms with Gasteiger partial charge in [0.25, 0.3) is 0 Å². The van der Waals surface area contributed by atoms with E-state index in [0.29, 0.717) is 22.2 Å². The highest BCUT2D eigenvalue weighted by Gasteiger charge is 2.19. The minimum Gasteiger partial charge on any atom is -0.293 e. The third-order valence-electron chi connectivity index (χ3n) is 3.34. The fourth-order valence-electron chi connectivity index (χ4n) is 2.19. The van der Waals surface area contributed by atoms with Gasteiger partial charge in [-0.3, -0.25) is 14.6 Å². The third-order valence-corrected chi connectivity index (χ3v) is 5.79. The normalized spacial score (nSPS) is 12.7. The average molecular weight is 409 g/mol. The third kappa shape index (κ3) is 4.71. The summed E-state index contributed by atoms with van der Waals surface area (Å²) >= 11 is 2.83. The molecule has 3 rings (SSSR count). The van der Waals surface area contributed by atoms with Gasteiger partial charge in [-0.25, -0.2) is 13.4 Å². The van der Waals surface area contributed by atoms with Gasteiger partial charge in [0.05, 0.1) is 16.4 Å². The van der Waals surface area contributed by atoms with Crippen molar-refractivity contribution in [2.45, 2.75) is 17.3 Å². The van der Waals surface area contributed by atoms with E-state index in [0.717, 1.165) is 11.1 Å². The molecule has 1 aromatic carbocycles. The Balaban J connectivity index is 1.66. The van der Waals surface area contributed by atoms with E-state index in [1.807, 2.05) is 17.5 Å². The molecule has 2 N–H and O–H groups in total. The average Bonchev–Trinajstić information content (AvgIpc) is 3.24. The van der Waals surface area contributed by atoms with Crippen molar-refractivity contribution in [1.82, 2.24) is 15.2 Å². The molecule has 7 nitrogen and oxygen atoms in total. The summed E-state index contributed by atoms with van der Waals surface area (Å²) in [6, 6.07) is 10.2. The summed E-state index contributed by atoms with van der Waals surface area (Å²) in [5.74, 6) is 0.599. The number of aromatic amines is 1. The maximum Gasteiger partial charge on any atom is 0.229 e. The molecule has 26 heavy (non-hydrogen) atoms. The lowest BCUT2D eigenvalue weighted by atomic mass is 10.1. The Morgan fingerprint density at radius 2 is 2.00 bits per heavy atom. The zero-order valence-electron chi connectivity index (χ0n) is 14.0. The van der Waals surface area contributed by atoms with Crippen LogP contribution in [0, 0.1) is 0 Å². The van der Waals surface area contributed by atoms with Crippen molar-refractivity contribution in [3.8, 4) is 10.7 Å². The topological polar surface area (TPSA) is 105 Å². The van der Waals surface area contributed by atoms with Gasteiger partial charge < -0.3 is 0 Å². The molecule has 136 valence electrons. The first kappa shape index (κ1) is 18.6. The van der Waals surface area contributed by atoms with Crippen LogP contribution < -0.4 is 4.72 Å². The molecule has 0 bridgehead atoms. The SMILES string of the molecule is C[C@H](Sc1n[nH]c(-c2cccs2)n1)C(=O)c1ccc(NS(C)(=O)=O)cc1. The van der Waals surface area contributed by atoms with Gasteiger partial charge in [-0.2, -0.15) is 0 Å². The number of nitrogens with zero attached hydrogens (tertiary/aromatic N) is 2. The Kier molecular flexibility index (Phi) is 5.44. The molecule has 0 fully saturated rings. The van der Waals surface area contributed by atoms with Crippen LogP contribution >= 0.6 is 23.1 Å². The number of hydrogen-bond acceptors (Lipinski definition) is 7. The summed E-state index contributed by atoms with van der Waals surface area (Å²) in [7, 11) is -3.34. The smallest absolute Gasteiger partial charge is 0.229 e. The summed E-state index contributed by atoms with van der Waals surface area (Å²) in [5.41, 5.74) is 0.914. The van der Waals surface area contributed by atoms with E-state index in [-0.39, 0.29) is 11.0 Å². The highest BCUT2D eigenvalue weighted by molar-refractivity contribution is 8.00. The van der Waals surface area contributed by atoms with Gasteiger partial charge in [-0.15, -0.1) is 16.4 Å². The number of Topliss-reactive ketones (excluding diaryl/α,β-unsaturated/α-hetero) is 1. The number of sulfonamides is 1. The number of ketones is 1. The van der Waals surface area contributed by atoms with E-state index in [2.05, 4.69) is 19.9 Å². The second-order valence-corrected chi connectivity index (χ2v) is 9.52. The molecule has 2 aromatic heterocycles. The zero-order chi connectivity index (χ0) is 18.7. The lowest BCUT2D eigenvalue weighted by molar-refractivity contribution is 0.0994. The molecule has 0 aliphatic heterocycles. The number of hydrogen-bond donors (Lipinski definition) is 2. The summed E-state index contributed by atoms with van der Waals surface area (Å²) in [5, 5.41) is 9.10. The monoisotopic (exact) mass is 408 g/mol. The van der Waals surface area contributed by atoms with Crippen molar-refractivity contribution >= 4 is 44.6 Å². The number of benzene rings is 1. The second-order valence-electron chi connectivity index (χ2n) is 5.52. The van der Waals surface area contributed by atoms with Gasteiger partial charge in [0.15, 0.2) is 11.6 Å². The Bertz CT molecular complexity index is 996. The number of thiophene rings is 1. The number of rotatable bonds is 7. The van der Waals surface area contributed by atoms with Crippen LogP contribution in [0.1, 0.15) is 17.3 Å². The largest absolute Gasteiger partial charge is 0.293 e. The van der Waals surface area contributed by atoms with Gasteiger partial charge in [0, 0.05) is 11.3 Å². The Labute approximate surface area is 159 Å². The highest BCUT2D eigenvalue weighted by atomic mass is 32.2. The van der Waals surface area contributed by atoms with Crippen molar-refractivity contribution < 1.29 is 13.2 Å². The number of aromatic nitrogens is 3. The van der Waals surface area contributed by atoms with Gasteiger partial charge in [-0.05, 0) is 42.6 Å². The summed E-state index contributed by atoms with van der Waals surface area (Å²) in [6.07, 6.45) is 1.08. The first-order valence-corrected chi connectivity index (χ1v) is 11.2. The first-order valence-electron chi connectivity index (χ1n) is 7.57. The second kappa shape index (κ2) is 7.60. The maximum atomic E-state index is 12.6. The lowest BCUT2D eigenvalue weighted by Crippen LogP contribution is -2.14. The minimum absolute atomic E-state index is 0.0802. The van der Waals surface area contributed by atoms with E-state index >= 15 is 0 Å². The van der Waals surface area contributed by atoms with Gasteiger partial charge in [-0.1, -0.05) is 17.8 Å². The fourth-order valence-corrected chi connectivity index (χ4v) is 4.22. The number of H-pyrrole nitrogens is 1. The molecule has 0 spiro atoms. The molecule has 2 heterocycles. The van der Waals surface area contributed by atoms with E-state index in [1.165, 1.54) is 11.8 Å². The fraction of sp³-hybridized carbons (Fsp3) is 0.188.